The molecule has 0 aromatic rings. The molecule has 1 aliphatic rings. The molecular weight excluding hydrogens is 499 g/mol. The molecule has 0 aromatic carbocycles. The van der Waals surface area contributed by atoms with Crippen LogP contribution in [0.2, 0.25) is 22.0 Å². The Kier molecular flexibility index (Phi) is 6.54. The fourth-order valence-corrected chi connectivity index (χ4v) is 9.28. The Hall–Kier alpha value is -1.20. The maximum absolute atomic E-state index is 11.5. The third-order valence-corrected chi connectivity index (χ3v) is 10.7. The van der Waals surface area contributed by atoms with Crippen molar-refractivity contribution in [2.75, 3.05) is 0 Å². The predicted molar refractivity (Wildman–Crippen MR) is 84.2 cm³/mol. The summed E-state index contributed by atoms with van der Waals surface area (Å²) in [6, 6.07) is 0.137. The quantitative estimate of drug-likeness (QED) is 0.498. The van der Waals surface area contributed by atoms with Crippen molar-refractivity contribution in [1.82, 2.24) is 0 Å². The molecule has 0 atom stereocenters. The molecule has 23 heavy (non-hydrogen) atoms. The molecule has 0 spiro atoms. The summed E-state index contributed by atoms with van der Waals surface area (Å²) in [6.45, 7) is 3.61. The topological polar surface area (TPSA) is 78.9 Å². The number of allylic oxidation sites excluding steroid dienone is 4. The number of hydrogen-bond acceptors (Lipinski definition) is 6. The van der Waals surface area contributed by atoms with Gasteiger partial charge < -0.3 is 0 Å². The van der Waals surface area contributed by atoms with Crippen molar-refractivity contribution in [1.29, 1.82) is 0 Å². The molecule has 0 N–H and O–H groups in total. The predicted octanol–water partition coefficient (Wildman–Crippen LogP) is 3.13. The molecule has 0 unspecified atom stereocenters. The molecule has 0 aromatic heterocycles. The Balaban J connectivity index is 3.26. The minimum atomic E-state index is -3.80. The third kappa shape index (κ3) is 6.07. The molecule has 0 saturated heterocycles. The second-order valence-corrected chi connectivity index (χ2v) is 19.5. The van der Waals surface area contributed by atoms with Crippen molar-refractivity contribution < 1.29 is 43.7 Å². The van der Waals surface area contributed by atoms with E-state index in [1.54, 1.807) is 0 Å². The summed E-state index contributed by atoms with van der Waals surface area (Å²) >= 11 is -2.04. The summed E-state index contributed by atoms with van der Waals surface area (Å²) in [7, 11) is -3.80. The first-order valence-electron chi connectivity index (χ1n) is 6.78. The zero-order valence-electron chi connectivity index (χ0n) is 14.3. The Morgan fingerprint density at radius 1 is 1.00 bits per heavy atom. The summed E-state index contributed by atoms with van der Waals surface area (Å²) < 4.78 is 17.1. The van der Waals surface area contributed by atoms with Gasteiger partial charge in [0.05, 0.1) is 0 Å². The summed E-state index contributed by atoms with van der Waals surface area (Å²) in [6.07, 6.45) is 4.83. The van der Waals surface area contributed by atoms with Crippen LogP contribution in [0.25, 0.3) is 0 Å². The standard InChI is InChI=1S/C12H15O6Si.3CH3.Pt/c1-9(13)16-19(17-10(2)14,18-11(3)15)8-12-6-4-5-7-12;;;;/h4,6H,5,8H2,1-3H3;3*1H3;. The molecule has 0 radical (unpaired) electrons. The van der Waals surface area contributed by atoms with Gasteiger partial charge in [-0.3, -0.25) is 0 Å². The molecule has 1 aliphatic carbocycles. The summed E-state index contributed by atoms with van der Waals surface area (Å²) in [5.41, 5.74) is 0.963. The average molecular weight is 524 g/mol. The summed E-state index contributed by atoms with van der Waals surface area (Å²) in [4.78, 5) is 34.4. The Bertz CT molecular complexity index is 532. The molecule has 0 saturated carbocycles. The van der Waals surface area contributed by atoms with E-state index in [0.29, 0.717) is 0 Å². The van der Waals surface area contributed by atoms with Crippen molar-refractivity contribution in [3.05, 3.63) is 21.7 Å². The van der Waals surface area contributed by atoms with Crippen molar-refractivity contribution in [2.24, 2.45) is 0 Å². The van der Waals surface area contributed by atoms with E-state index in [-0.39, 0.29) is 6.04 Å². The van der Waals surface area contributed by atoms with Gasteiger partial charge in [0.25, 0.3) is 0 Å². The molecule has 0 aliphatic heterocycles. The fourth-order valence-electron chi connectivity index (χ4n) is 2.22. The molecule has 0 amide bonds. The van der Waals surface area contributed by atoms with Crippen LogP contribution in [-0.2, 0) is 43.7 Å². The van der Waals surface area contributed by atoms with E-state index in [2.05, 4.69) is 15.9 Å². The monoisotopic (exact) mass is 523 g/mol. The van der Waals surface area contributed by atoms with E-state index in [9.17, 15) is 14.4 Å². The normalized spacial score (nSPS) is 15.4. The molecule has 134 valence electrons. The Labute approximate surface area is 141 Å². The number of carbonyl (C=O) groups is 3. The van der Waals surface area contributed by atoms with Gasteiger partial charge in [0.1, 0.15) is 0 Å². The molecule has 8 heteroatoms. The van der Waals surface area contributed by atoms with E-state index >= 15 is 0 Å². The maximum atomic E-state index is 11.5. The van der Waals surface area contributed by atoms with Gasteiger partial charge in [-0.15, -0.1) is 0 Å². The van der Waals surface area contributed by atoms with Crippen LogP contribution >= 0.6 is 0 Å². The second-order valence-electron chi connectivity index (χ2n) is 5.56. The van der Waals surface area contributed by atoms with Gasteiger partial charge >= 0.3 is 141 Å². The van der Waals surface area contributed by atoms with Crippen LogP contribution in [0.1, 0.15) is 27.2 Å². The number of carbonyl (C=O) groups excluding carboxylic acids is 3. The van der Waals surface area contributed by atoms with Crippen LogP contribution in [0, 0.1) is 0 Å². The first kappa shape index (κ1) is 19.8. The van der Waals surface area contributed by atoms with E-state index in [1.165, 1.54) is 24.7 Å². The van der Waals surface area contributed by atoms with Crippen LogP contribution in [0.3, 0.4) is 0 Å². The molecule has 0 bridgehead atoms. The molecule has 0 fully saturated rings. The van der Waals surface area contributed by atoms with Gasteiger partial charge in [-0.2, -0.15) is 0 Å². The van der Waals surface area contributed by atoms with Crippen molar-refractivity contribution in [2.45, 2.75) is 49.2 Å². The zero-order chi connectivity index (χ0) is 17.8. The van der Waals surface area contributed by atoms with E-state index < -0.39 is 42.8 Å². The summed E-state index contributed by atoms with van der Waals surface area (Å²) in [5, 5.41) is 6.76. The number of rotatable bonds is 6. The second kappa shape index (κ2) is 7.58. The molecule has 1 rings (SSSR count). The van der Waals surface area contributed by atoms with Gasteiger partial charge in [-0.25, -0.2) is 0 Å². The fraction of sp³-hybridized carbons (Fsp3) is 0.533. The average Bonchev–Trinajstić information content (AvgIpc) is 2.72. The first-order valence-corrected chi connectivity index (χ1v) is 16.7. The molecular formula is C15H24O6PtSi. The van der Waals surface area contributed by atoms with Crippen LogP contribution in [0.5, 0.6) is 0 Å². The van der Waals surface area contributed by atoms with Crippen LogP contribution in [0.15, 0.2) is 21.7 Å². The zero-order valence-corrected chi connectivity index (χ0v) is 17.6. The van der Waals surface area contributed by atoms with Crippen LogP contribution in [-0.4, -0.2) is 26.7 Å². The van der Waals surface area contributed by atoms with Gasteiger partial charge in [0.2, 0.25) is 0 Å². The molecule has 6 nitrogen and oxygen atoms in total. The van der Waals surface area contributed by atoms with Crippen molar-refractivity contribution in [3.63, 3.8) is 0 Å². The van der Waals surface area contributed by atoms with E-state index in [1.807, 2.05) is 12.2 Å². The SMILES string of the molecule is CC(=O)O[Si](CC1=[C]([Pt]([CH3])([CH3])[CH3])CC=C1)(OC(C)=O)OC(C)=O. The van der Waals surface area contributed by atoms with Crippen molar-refractivity contribution in [3.8, 4) is 0 Å². The van der Waals surface area contributed by atoms with Gasteiger partial charge in [-0.1, -0.05) is 0 Å². The Morgan fingerprint density at radius 2 is 1.43 bits per heavy atom. The Morgan fingerprint density at radius 3 is 1.78 bits per heavy atom. The molecule has 0 heterocycles. The summed E-state index contributed by atoms with van der Waals surface area (Å²) in [5.74, 6) is -1.92. The van der Waals surface area contributed by atoms with Gasteiger partial charge in [0.15, 0.2) is 0 Å². The number of hydrogen-bond donors (Lipinski definition) is 0. The van der Waals surface area contributed by atoms with Crippen LogP contribution < -0.4 is 0 Å². The van der Waals surface area contributed by atoms with Crippen molar-refractivity contribution >= 4 is 26.7 Å². The van der Waals surface area contributed by atoms with Gasteiger partial charge in [0, 0.05) is 0 Å². The first-order chi connectivity index (χ1) is 10.4. The van der Waals surface area contributed by atoms with Crippen LogP contribution in [0.4, 0.5) is 0 Å². The van der Waals surface area contributed by atoms with E-state index in [4.69, 9.17) is 13.3 Å². The minimum absolute atomic E-state index is 0.137. The third-order valence-electron chi connectivity index (χ3n) is 2.81. The van der Waals surface area contributed by atoms with Gasteiger partial charge in [-0.05, 0) is 0 Å². The van der Waals surface area contributed by atoms with E-state index in [0.717, 1.165) is 12.0 Å².